The molecule has 0 spiro atoms. The third kappa shape index (κ3) is 6.75. The Bertz CT molecular complexity index is 2050. The lowest BCUT2D eigenvalue weighted by atomic mass is 10.0. The lowest BCUT2D eigenvalue weighted by Crippen LogP contribution is -2.09. The van der Waals surface area contributed by atoms with E-state index in [2.05, 4.69) is 138 Å². The molecule has 3 nitrogen and oxygen atoms in total. The van der Waals surface area contributed by atoms with Gasteiger partial charge in [0, 0.05) is 22.6 Å². The molecule has 226 valence electrons. The number of fused-ring (bicyclic) bond motifs is 1. The maximum atomic E-state index is 11.3. The first-order valence-corrected chi connectivity index (χ1v) is 15.7. The van der Waals surface area contributed by atoms with Crippen LogP contribution < -0.4 is 4.90 Å². The van der Waals surface area contributed by atoms with E-state index in [-0.39, 0.29) is 0 Å². The quantitative estimate of drug-likeness (QED) is 0.114. The zero-order valence-corrected chi connectivity index (χ0v) is 25.9. The highest BCUT2D eigenvalue weighted by Gasteiger charge is 2.14. The van der Waals surface area contributed by atoms with Crippen molar-refractivity contribution >= 4 is 40.2 Å². The molecule has 7 aromatic carbocycles. The molecule has 0 unspecified atom stereocenters. The van der Waals surface area contributed by atoms with Crippen LogP contribution in [0.15, 0.2) is 176 Å². The zero-order chi connectivity index (χ0) is 31.8. The van der Waals surface area contributed by atoms with Crippen molar-refractivity contribution in [2.45, 2.75) is 6.61 Å². The summed E-state index contributed by atoms with van der Waals surface area (Å²) in [5, 5.41) is 2.29. The second-order valence-electron chi connectivity index (χ2n) is 11.4. The minimum absolute atomic E-state index is 0.344. The first kappa shape index (κ1) is 29.5. The third-order valence-corrected chi connectivity index (χ3v) is 8.35. The van der Waals surface area contributed by atoms with E-state index in [1.807, 2.05) is 36.4 Å². The number of benzene rings is 7. The summed E-state index contributed by atoms with van der Waals surface area (Å²) in [7, 11) is 0. The number of nitrogens with zero attached hydrogens (tertiary/aromatic N) is 1. The molecular formula is C44H33NO2. The molecule has 0 saturated carbocycles. The number of carbonyl (C=O) groups is 1. The van der Waals surface area contributed by atoms with Gasteiger partial charge in [0.05, 0.1) is 6.26 Å². The highest BCUT2D eigenvalue weighted by Crippen LogP contribution is 2.38. The van der Waals surface area contributed by atoms with Gasteiger partial charge in [-0.25, -0.2) is 0 Å². The van der Waals surface area contributed by atoms with Gasteiger partial charge < -0.3 is 9.64 Å². The Hall–Kier alpha value is -6.19. The second kappa shape index (κ2) is 13.8. The molecule has 0 atom stereocenters. The standard InChI is InChI=1S/C44H33NO2/c46-31-40-13-7-8-14-41(40)32-47-28-27-33-15-16-39-30-44(26-21-38(39)29-33)45(42-22-17-36(18-23-42)34-9-3-1-4-10-34)43-24-19-37(20-25-43)35-11-5-2-6-12-35/h1-31H,32H2. The van der Waals surface area contributed by atoms with E-state index in [0.29, 0.717) is 12.2 Å². The average Bonchev–Trinajstić information content (AvgIpc) is 3.15. The molecule has 0 amide bonds. The number of ether oxygens (including phenoxy) is 1. The van der Waals surface area contributed by atoms with Gasteiger partial charge in [0.25, 0.3) is 0 Å². The van der Waals surface area contributed by atoms with Gasteiger partial charge in [-0.2, -0.15) is 0 Å². The van der Waals surface area contributed by atoms with Crippen LogP contribution in [0.3, 0.4) is 0 Å². The summed E-state index contributed by atoms with van der Waals surface area (Å²) in [6.07, 6.45) is 4.50. The van der Waals surface area contributed by atoms with Crippen molar-refractivity contribution in [3.63, 3.8) is 0 Å². The molecule has 0 radical (unpaired) electrons. The summed E-state index contributed by atoms with van der Waals surface area (Å²) in [4.78, 5) is 13.6. The fraction of sp³-hybridized carbons (Fsp3) is 0.0227. The number of hydrogen-bond donors (Lipinski definition) is 0. The van der Waals surface area contributed by atoms with E-state index in [4.69, 9.17) is 4.74 Å². The summed E-state index contributed by atoms with van der Waals surface area (Å²) in [6.45, 7) is 0.344. The lowest BCUT2D eigenvalue weighted by Gasteiger charge is -2.26. The molecule has 7 rings (SSSR count). The minimum atomic E-state index is 0.344. The second-order valence-corrected chi connectivity index (χ2v) is 11.4. The van der Waals surface area contributed by atoms with Crippen LogP contribution in [0.1, 0.15) is 21.5 Å². The topological polar surface area (TPSA) is 29.5 Å². The van der Waals surface area contributed by atoms with Crippen LogP contribution in [0.4, 0.5) is 17.1 Å². The Labute approximate surface area is 275 Å². The molecule has 0 saturated heterocycles. The summed E-state index contributed by atoms with van der Waals surface area (Å²) in [5.74, 6) is 0. The first-order valence-electron chi connectivity index (χ1n) is 15.7. The Morgan fingerprint density at radius 2 is 1.00 bits per heavy atom. The van der Waals surface area contributed by atoms with Gasteiger partial charge in [0.2, 0.25) is 0 Å². The molecule has 3 heteroatoms. The van der Waals surface area contributed by atoms with E-state index in [0.717, 1.165) is 45.2 Å². The van der Waals surface area contributed by atoms with Gasteiger partial charge >= 0.3 is 0 Å². The monoisotopic (exact) mass is 607 g/mol. The van der Waals surface area contributed by atoms with Gasteiger partial charge in [-0.3, -0.25) is 4.79 Å². The number of carbonyl (C=O) groups excluding carboxylic acids is 1. The van der Waals surface area contributed by atoms with Crippen LogP contribution >= 0.6 is 0 Å². The summed E-state index contributed by atoms with van der Waals surface area (Å²) in [6, 6.07) is 58.9. The fourth-order valence-corrected chi connectivity index (χ4v) is 5.85. The SMILES string of the molecule is O=Cc1ccccc1COC=Cc1ccc2cc(N(c3ccc(-c4ccccc4)cc3)c3ccc(-c4ccccc4)cc3)ccc2c1. The molecule has 0 aliphatic rings. The molecule has 0 aromatic heterocycles. The van der Waals surface area contributed by atoms with Crippen LogP contribution in [0, 0.1) is 0 Å². The molecule has 0 heterocycles. The Kier molecular flexibility index (Phi) is 8.70. The molecular weight excluding hydrogens is 574 g/mol. The van der Waals surface area contributed by atoms with E-state index < -0.39 is 0 Å². The van der Waals surface area contributed by atoms with Crippen molar-refractivity contribution in [1.82, 2.24) is 0 Å². The zero-order valence-electron chi connectivity index (χ0n) is 25.9. The number of rotatable bonds is 10. The van der Waals surface area contributed by atoms with Crippen molar-refractivity contribution in [2.75, 3.05) is 4.90 Å². The van der Waals surface area contributed by atoms with E-state index >= 15 is 0 Å². The number of aldehydes is 1. The lowest BCUT2D eigenvalue weighted by molar-refractivity contribution is 0.112. The largest absolute Gasteiger partial charge is 0.496 e. The van der Waals surface area contributed by atoms with Crippen LogP contribution in [-0.2, 0) is 11.3 Å². The highest BCUT2D eigenvalue weighted by molar-refractivity contribution is 5.91. The summed E-state index contributed by atoms with van der Waals surface area (Å²) in [5.41, 5.74) is 10.6. The van der Waals surface area contributed by atoms with Gasteiger partial charge in [-0.15, -0.1) is 0 Å². The van der Waals surface area contributed by atoms with Crippen molar-refractivity contribution in [3.05, 3.63) is 193 Å². The summed E-state index contributed by atoms with van der Waals surface area (Å²) >= 11 is 0. The van der Waals surface area contributed by atoms with Crippen LogP contribution in [-0.4, -0.2) is 6.29 Å². The third-order valence-electron chi connectivity index (χ3n) is 8.35. The highest BCUT2D eigenvalue weighted by atomic mass is 16.5. The van der Waals surface area contributed by atoms with Gasteiger partial charge in [-0.05, 0) is 92.7 Å². The normalized spacial score (nSPS) is 11.1. The maximum Gasteiger partial charge on any atom is 0.150 e. The molecule has 7 aromatic rings. The van der Waals surface area contributed by atoms with E-state index in [1.165, 1.54) is 22.3 Å². The molecule has 0 fully saturated rings. The van der Waals surface area contributed by atoms with Crippen molar-refractivity contribution < 1.29 is 9.53 Å². The molecule has 0 aliphatic heterocycles. The van der Waals surface area contributed by atoms with E-state index in [9.17, 15) is 4.79 Å². The molecule has 0 N–H and O–H groups in total. The Morgan fingerprint density at radius 3 is 1.62 bits per heavy atom. The van der Waals surface area contributed by atoms with Crippen molar-refractivity contribution in [1.29, 1.82) is 0 Å². The van der Waals surface area contributed by atoms with Crippen LogP contribution in [0.5, 0.6) is 0 Å². The van der Waals surface area contributed by atoms with E-state index in [1.54, 1.807) is 12.3 Å². The Morgan fingerprint density at radius 1 is 0.489 bits per heavy atom. The fourth-order valence-electron chi connectivity index (χ4n) is 5.85. The van der Waals surface area contributed by atoms with Crippen LogP contribution in [0.2, 0.25) is 0 Å². The predicted molar refractivity (Wildman–Crippen MR) is 195 cm³/mol. The predicted octanol–water partition coefficient (Wildman–Crippen LogP) is 11.6. The maximum absolute atomic E-state index is 11.3. The minimum Gasteiger partial charge on any atom is -0.496 e. The van der Waals surface area contributed by atoms with Crippen molar-refractivity contribution in [2.24, 2.45) is 0 Å². The summed E-state index contributed by atoms with van der Waals surface area (Å²) < 4.78 is 5.75. The smallest absolute Gasteiger partial charge is 0.150 e. The van der Waals surface area contributed by atoms with Crippen LogP contribution in [0.25, 0.3) is 39.1 Å². The van der Waals surface area contributed by atoms with Gasteiger partial charge in [-0.1, -0.05) is 127 Å². The molecule has 0 bridgehead atoms. The van der Waals surface area contributed by atoms with Crippen molar-refractivity contribution in [3.8, 4) is 22.3 Å². The number of anilines is 3. The average molecular weight is 608 g/mol. The molecule has 47 heavy (non-hydrogen) atoms. The first-order chi connectivity index (χ1) is 23.2. The molecule has 0 aliphatic carbocycles. The van der Waals surface area contributed by atoms with Gasteiger partial charge in [0.15, 0.2) is 0 Å². The van der Waals surface area contributed by atoms with Gasteiger partial charge in [0.1, 0.15) is 12.9 Å². The number of hydrogen-bond acceptors (Lipinski definition) is 3. The Balaban J connectivity index is 1.17.